The summed E-state index contributed by atoms with van der Waals surface area (Å²) in [6.07, 6.45) is 0. The Bertz CT molecular complexity index is 811. The smallest absolute Gasteiger partial charge is 0.255 e. The number of rotatable bonds is 2. The van der Waals surface area contributed by atoms with Gasteiger partial charge in [-0.3, -0.25) is 9.59 Å². The van der Waals surface area contributed by atoms with Crippen LogP contribution in [0.1, 0.15) is 17.3 Å². The average Bonchev–Trinajstić information content (AvgIpc) is 2.50. The molecule has 3 rings (SSSR count). The summed E-state index contributed by atoms with van der Waals surface area (Å²) in [5.41, 5.74) is 1.86. The van der Waals surface area contributed by atoms with Crippen LogP contribution >= 0.6 is 43.6 Å². The first-order chi connectivity index (χ1) is 10.9. The standard InChI is InChI=1S/C16H12Br2N2O2S/c1-8-15(21)20-13-6-9(2-5-14(13)23-8)16(22)19-12-4-3-10(17)7-11(12)18/h2-8H,1H3,(H,19,22)(H,20,21). The van der Waals surface area contributed by atoms with Crippen molar-refractivity contribution in [2.45, 2.75) is 17.1 Å². The number of nitrogens with one attached hydrogen (secondary N) is 2. The van der Waals surface area contributed by atoms with Gasteiger partial charge in [-0.25, -0.2) is 0 Å². The minimum Gasteiger partial charge on any atom is -0.324 e. The first-order valence-electron chi connectivity index (χ1n) is 6.82. The molecule has 0 saturated carbocycles. The van der Waals surface area contributed by atoms with Crippen LogP contribution in [0.3, 0.4) is 0 Å². The molecule has 2 aromatic carbocycles. The van der Waals surface area contributed by atoms with Gasteiger partial charge in [0.05, 0.1) is 16.6 Å². The van der Waals surface area contributed by atoms with Gasteiger partial charge in [0.15, 0.2) is 0 Å². The molecule has 0 aliphatic carbocycles. The van der Waals surface area contributed by atoms with Crippen molar-refractivity contribution in [2.24, 2.45) is 0 Å². The van der Waals surface area contributed by atoms with E-state index in [-0.39, 0.29) is 17.1 Å². The van der Waals surface area contributed by atoms with Crippen LogP contribution in [-0.2, 0) is 4.79 Å². The molecule has 0 radical (unpaired) electrons. The molecule has 0 fully saturated rings. The molecule has 118 valence electrons. The largest absolute Gasteiger partial charge is 0.324 e. The molecule has 2 amide bonds. The predicted octanol–water partition coefficient (Wildman–Crippen LogP) is 4.90. The zero-order chi connectivity index (χ0) is 16.6. The Kier molecular flexibility index (Phi) is 4.79. The van der Waals surface area contributed by atoms with Crippen molar-refractivity contribution >= 4 is 66.8 Å². The molecule has 0 spiro atoms. The Labute approximate surface area is 154 Å². The molecule has 0 aromatic heterocycles. The van der Waals surface area contributed by atoms with E-state index in [1.54, 1.807) is 12.1 Å². The van der Waals surface area contributed by atoms with E-state index in [0.29, 0.717) is 16.9 Å². The third-order valence-electron chi connectivity index (χ3n) is 3.35. The summed E-state index contributed by atoms with van der Waals surface area (Å²) >= 11 is 8.28. The summed E-state index contributed by atoms with van der Waals surface area (Å²) in [4.78, 5) is 25.2. The molecule has 23 heavy (non-hydrogen) atoms. The monoisotopic (exact) mass is 454 g/mol. The maximum Gasteiger partial charge on any atom is 0.255 e. The quantitative estimate of drug-likeness (QED) is 0.677. The number of carbonyl (C=O) groups is 2. The first kappa shape index (κ1) is 16.5. The molecule has 1 aliphatic rings. The Morgan fingerprint density at radius 3 is 2.74 bits per heavy atom. The van der Waals surface area contributed by atoms with E-state index < -0.39 is 0 Å². The lowest BCUT2D eigenvalue weighted by Crippen LogP contribution is -2.26. The third kappa shape index (κ3) is 3.62. The summed E-state index contributed by atoms with van der Waals surface area (Å²) in [6.45, 7) is 1.86. The van der Waals surface area contributed by atoms with Crippen LogP contribution in [0.25, 0.3) is 0 Å². The molecule has 7 heteroatoms. The molecule has 1 aliphatic heterocycles. The summed E-state index contributed by atoms with van der Waals surface area (Å²) < 4.78 is 1.71. The van der Waals surface area contributed by atoms with Gasteiger partial charge in [-0.2, -0.15) is 0 Å². The minimum atomic E-state index is -0.228. The van der Waals surface area contributed by atoms with Gasteiger partial charge in [0, 0.05) is 19.4 Å². The summed E-state index contributed by atoms with van der Waals surface area (Å²) in [5.74, 6) is -0.274. The Balaban J connectivity index is 1.83. The van der Waals surface area contributed by atoms with Crippen LogP contribution in [0.2, 0.25) is 0 Å². The molecular weight excluding hydrogens is 444 g/mol. The van der Waals surface area contributed by atoms with Crippen molar-refractivity contribution in [1.29, 1.82) is 0 Å². The number of amides is 2. The molecule has 0 bridgehead atoms. The van der Waals surface area contributed by atoms with Crippen molar-refractivity contribution in [3.63, 3.8) is 0 Å². The number of halogens is 2. The lowest BCUT2D eigenvalue weighted by Gasteiger charge is -2.21. The van der Waals surface area contributed by atoms with Crippen molar-refractivity contribution < 1.29 is 9.59 Å². The van der Waals surface area contributed by atoms with Gasteiger partial charge in [0.1, 0.15) is 0 Å². The van der Waals surface area contributed by atoms with Crippen molar-refractivity contribution in [3.05, 3.63) is 50.9 Å². The minimum absolute atomic E-state index is 0.0456. The molecule has 2 aromatic rings. The fourth-order valence-electron chi connectivity index (χ4n) is 2.14. The topological polar surface area (TPSA) is 58.2 Å². The fraction of sp³-hybridized carbons (Fsp3) is 0.125. The van der Waals surface area contributed by atoms with Crippen LogP contribution in [0.15, 0.2) is 50.2 Å². The maximum atomic E-state index is 12.4. The second-order valence-corrected chi connectivity index (χ2v) is 8.19. The van der Waals surface area contributed by atoms with Gasteiger partial charge >= 0.3 is 0 Å². The summed E-state index contributed by atoms with van der Waals surface area (Å²) in [5, 5.41) is 5.56. The van der Waals surface area contributed by atoms with Gasteiger partial charge in [-0.05, 0) is 59.3 Å². The van der Waals surface area contributed by atoms with Crippen LogP contribution in [0, 0.1) is 0 Å². The van der Waals surface area contributed by atoms with E-state index in [1.165, 1.54) is 11.8 Å². The lowest BCUT2D eigenvalue weighted by atomic mass is 10.1. The second-order valence-electron chi connectivity index (χ2n) is 5.04. The zero-order valence-corrected chi connectivity index (χ0v) is 16.0. The van der Waals surface area contributed by atoms with Crippen molar-refractivity contribution in [2.75, 3.05) is 10.6 Å². The SMILES string of the molecule is CC1Sc2ccc(C(=O)Nc3ccc(Br)cc3Br)cc2NC1=O. The Hall–Kier alpha value is -1.31. The number of anilines is 2. The van der Waals surface area contributed by atoms with Crippen LogP contribution in [-0.4, -0.2) is 17.1 Å². The molecular formula is C16H12Br2N2O2S. The lowest BCUT2D eigenvalue weighted by molar-refractivity contribution is -0.115. The first-order valence-corrected chi connectivity index (χ1v) is 9.28. The van der Waals surface area contributed by atoms with Gasteiger partial charge in [0.25, 0.3) is 5.91 Å². The highest BCUT2D eigenvalue weighted by Crippen LogP contribution is 2.36. The van der Waals surface area contributed by atoms with Gasteiger partial charge in [-0.1, -0.05) is 15.9 Å². The van der Waals surface area contributed by atoms with E-state index in [9.17, 15) is 9.59 Å². The molecule has 1 unspecified atom stereocenters. The van der Waals surface area contributed by atoms with E-state index >= 15 is 0 Å². The number of hydrogen-bond acceptors (Lipinski definition) is 3. The van der Waals surface area contributed by atoms with Gasteiger partial charge in [-0.15, -0.1) is 11.8 Å². The summed E-state index contributed by atoms with van der Waals surface area (Å²) in [6, 6.07) is 10.9. The molecule has 0 saturated heterocycles. The Morgan fingerprint density at radius 2 is 2.00 bits per heavy atom. The van der Waals surface area contributed by atoms with E-state index in [0.717, 1.165) is 13.8 Å². The number of thioether (sulfide) groups is 1. The van der Waals surface area contributed by atoms with Crippen molar-refractivity contribution in [1.82, 2.24) is 0 Å². The van der Waals surface area contributed by atoms with Gasteiger partial charge in [0.2, 0.25) is 5.91 Å². The molecule has 4 nitrogen and oxygen atoms in total. The summed E-state index contributed by atoms with van der Waals surface area (Å²) in [7, 11) is 0. The zero-order valence-electron chi connectivity index (χ0n) is 12.0. The predicted molar refractivity (Wildman–Crippen MR) is 100 cm³/mol. The maximum absolute atomic E-state index is 12.4. The fourth-order valence-corrected chi connectivity index (χ4v) is 4.21. The second kappa shape index (κ2) is 6.67. The van der Waals surface area contributed by atoms with Crippen LogP contribution < -0.4 is 10.6 Å². The Morgan fingerprint density at radius 1 is 1.22 bits per heavy atom. The van der Waals surface area contributed by atoms with Crippen LogP contribution in [0.4, 0.5) is 11.4 Å². The third-order valence-corrected chi connectivity index (χ3v) is 5.68. The van der Waals surface area contributed by atoms with Crippen molar-refractivity contribution in [3.8, 4) is 0 Å². The highest BCUT2D eigenvalue weighted by Gasteiger charge is 2.23. The van der Waals surface area contributed by atoms with E-state index in [4.69, 9.17) is 0 Å². The van der Waals surface area contributed by atoms with Gasteiger partial charge < -0.3 is 10.6 Å². The normalized spacial score (nSPS) is 16.5. The average molecular weight is 456 g/mol. The van der Waals surface area contributed by atoms with E-state index in [2.05, 4.69) is 42.5 Å². The van der Waals surface area contributed by atoms with Crippen LogP contribution in [0.5, 0.6) is 0 Å². The highest BCUT2D eigenvalue weighted by atomic mass is 79.9. The number of carbonyl (C=O) groups excluding carboxylic acids is 2. The number of hydrogen-bond donors (Lipinski definition) is 2. The molecule has 1 atom stereocenters. The number of fused-ring (bicyclic) bond motifs is 1. The highest BCUT2D eigenvalue weighted by molar-refractivity contribution is 9.11. The van der Waals surface area contributed by atoms with E-state index in [1.807, 2.05) is 31.2 Å². The molecule has 2 N–H and O–H groups in total. The number of benzene rings is 2. The molecule has 1 heterocycles.